The SMILES string of the molecule is CCN(C(=O)NCC(COC)OC)C(C)CC(=O)O. The zero-order valence-corrected chi connectivity index (χ0v) is 12.0. The lowest BCUT2D eigenvalue weighted by Crippen LogP contribution is -2.48. The Bertz CT molecular complexity index is 285. The predicted octanol–water partition coefficient (Wildman–Crippen LogP) is 0.543. The Morgan fingerprint density at radius 3 is 2.42 bits per heavy atom. The van der Waals surface area contributed by atoms with Gasteiger partial charge in [0.15, 0.2) is 0 Å². The van der Waals surface area contributed by atoms with Gasteiger partial charge in [-0.15, -0.1) is 0 Å². The summed E-state index contributed by atoms with van der Waals surface area (Å²) in [6.07, 6.45) is -0.296. The molecule has 2 unspecified atom stereocenters. The van der Waals surface area contributed by atoms with Crippen molar-refractivity contribution in [2.45, 2.75) is 32.4 Å². The van der Waals surface area contributed by atoms with Crippen LogP contribution >= 0.6 is 0 Å². The van der Waals surface area contributed by atoms with Crippen LogP contribution in [0.2, 0.25) is 0 Å². The van der Waals surface area contributed by atoms with Crippen LogP contribution in [0.4, 0.5) is 4.79 Å². The van der Waals surface area contributed by atoms with Gasteiger partial charge in [-0.1, -0.05) is 0 Å². The molecule has 0 aliphatic carbocycles. The summed E-state index contributed by atoms with van der Waals surface area (Å²) in [6, 6.07) is -0.652. The first-order valence-corrected chi connectivity index (χ1v) is 6.24. The summed E-state index contributed by atoms with van der Waals surface area (Å²) < 4.78 is 10.1. The molecular formula is C12H24N2O5. The molecule has 112 valence electrons. The molecule has 0 aliphatic rings. The van der Waals surface area contributed by atoms with E-state index in [-0.39, 0.29) is 24.6 Å². The van der Waals surface area contributed by atoms with E-state index in [1.54, 1.807) is 28.1 Å². The molecule has 0 saturated carbocycles. The van der Waals surface area contributed by atoms with E-state index in [9.17, 15) is 9.59 Å². The highest BCUT2D eigenvalue weighted by Gasteiger charge is 2.21. The standard InChI is InChI=1S/C12H24N2O5/c1-5-14(9(2)6-11(15)16)12(17)13-7-10(19-4)8-18-3/h9-10H,5-8H2,1-4H3,(H,13,17)(H,15,16). The number of urea groups is 1. The number of amides is 2. The summed E-state index contributed by atoms with van der Waals surface area (Å²) >= 11 is 0. The molecule has 19 heavy (non-hydrogen) atoms. The van der Waals surface area contributed by atoms with E-state index in [2.05, 4.69) is 5.32 Å². The number of rotatable bonds is 9. The summed E-state index contributed by atoms with van der Waals surface area (Å²) in [6.45, 7) is 4.66. The quantitative estimate of drug-likeness (QED) is 0.642. The van der Waals surface area contributed by atoms with E-state index in [4.69, 9.17) is 14.6 Å². The van der Waals surface area contributed by atoms with Crippen LogP contribution in [0.1, 0.15) is 20.3 Å². The molecule has 2 atom stereocenters. The largest absolute Gasteiger partial charge is 0.481 e. The Kier molecular flexibility index (Phi) is 8.90. The van der Waals surface area contributed by atoms with Gasteiger partial charge in [-0.3, -0.25) is 4.79 Å². The molecule has 7 heteroatoms. The molecule has 0 heterocycles. The van der Waals surface area contributed by atoms with Crippen LogP contribution in [0.3, 0.4) is 0 Å². The van der Waals surface area contributed by atoms with Crippen molar-refractivity contribution in [2.24, 2.45) is 0 Å². The molecule has 0 fully saturated rings. The molecule has 0 bridgehead atoms. The van der Waals surface area contributed by atoms with Gasteiger partial charge in [0, 0.05) is 33.4 Å². The van der Waals surface area contributed by atoms with Crippen LogP contribution in [-0.4, -0.2) is 68.1 Å². The van der Waals surface area contributed by atoms with Gasteiger partial charge in [0.2, 0.25) is 0 Å². The Morgan fingerprint density at radius 2 is 2.00 bits per heavy atom. The third-order valence-corrected chi connectivity index (χ3v) is 2.77. The van der Waals surface area contributed by atoms with Crippen molar-refractivity contribution < 1.29 is 24.2 Å². The van der Waals surface area contributed by atoms with Gasteiger partial charge < -0.3 is 24.8 Å². The summed E-state index contributed by atoms with van der Waals surface area (Å²) in [4.78, 5) is 24.1. The van der Waals surface area contributed by atoms with Crippen LogP contribution in [-0.2, 0) is 14.3 Å². The van der Waals surface area contributed by atoms with Crippen molar-refractivity contribution in [1.82, 2.24) is 10.2 Å². The van der Waals surface area contributed by atoms with Crippen molar-refractivity contribution in [3.63, 3.8) is 0 Å². The fourth-order valence-electron chi connectivity index (χ4n) is 1.72. The number of hydrogen-bond donors (Lipinski definition) is 2. The molecule has 0 aromatic rings. The number of aliphatic carboxylic acids is 1. The topological polar surface area (TPSA) is 88.1 Å². The summed E-state index contributed by atoms with van der Waals surface area (Å²) in [7, 11) is 3.10. The summed E-state index contributed by atoms with van der Waals surface area (Å²) in [5.74, 6) is -0.923. The number of carbonyl (C=O) groups is 2. The normalized spacial score (nSPS) is 13.7. The number of hydrogen-bond acceptors (Lipinski definition) is 4. The highest BCUT2D eigenvalue weighted by Crippen LogP contribution is 2.04. The van der Waals surface area contributed by atoms with Crippen LogP contribution in [0.25, 0.3) is 0 Å². The van der Waals surface area contributed by atoms with Gasteiger partial charge in [0.1, 0.15) is 0 Å². The highest BCUT2D eigenvalue weighted by molar-refractivity contribution is 5.75. The Balaban J connectivity index is 4.31. The molecule has 0 radical (unpaired) electrons. The maximum Gasteiger partial charge on any atom is 0.317 e. The average molecular weight is 276 g/mol. The van der Waals surface area contributed by atoms with E-state index < -0.39 is 5.97 Å². The number of carboxylic acids is 1. The Morgan fingerprint density at radius 1 is 1.37 bits per heavy atom. The van der Waals surface area contributed by atoms with Crippen molar-refractivity contribution in [3.05, 3.63) is 0 Å². The average Bonchev–Trinajstić information content (AvgIpc) is 2.34. The van der Waals surface area contributed by atoms with E-state index >= 15 is 0 Å². The summed E-state index contributed by atoms with van der Waals surface area (Å²) in [5.41, 5.74) is 0. The molecule has 0 rings (SSSR count). The monoisotopic (exact) mass is 276 g/mol. The Hall–Kier alpha value is -1.34. The molecule has 2 N–H and O–H groups in total. The van der Waals surface area contributed by atoms with E-state index in [1.807, 2.05) is 0 Å². The molecule has 0 aromatic carbocycles. The molecular weight excluding hydrogens is 252 g/mol. The van der Waals surface area contributed by atoms with Gasteiger partial charge in [0.25, 0.3) is 0 Å². The van der Waals surface area contributed by atoms with E-state index in [0.717, 1.165) is 0 Å². The molecule has 0 aliphatic heterocycles. The third kappa shape index (κ3) is 6.97. The maximum atomic E-state index is 11.9. The second-order valence-electron chi connectivity index (χ2n) is 4.23. The number of ether oxygens (including phenoxy) is 2. The minimum atomic E-state index is -0.923. The number of nitrogens with one attached hydrogen (secondary N) is 1. The first kappa shape index (κ1) is 17.7. The van der Waals surface area contributed by atoms with Crippen LogP contribution < -0.4 is 5.32 Å². The first-order chi connectivity index (χ1) is 8.96. The molecule has 0 aromatic heterocycles. The van der Waals surface area contributed by atoms with Crippen molar-refractivity contribution in [1.29, 1.82) is 0 Å². The van der Waals surface area contributed by atoms with Gasteiger partial charge in [-0.2, -0.15) is 0 Å². The maximum absolute atomic E-state index is 11.9. The lowest BCUT2D eigenvalue weighted by Gasteiger charge is -2.28. The molecule has 2 amide bonds. The number of methoxy groups -OCH3 is 2. The minimum absolute atomic E-state index is 0.0764. The first-order valence-electron chi connectivity index (χ1n) is 6.24. The molecule has 0 spiro atoms. The molecule has 7 nitrogen and oxygen atoms in total. The lowest BCUT2D eigenvalue weighted by atomic mass is 10.2. The number of carbonyl (C=O) groups excluding carboxylic acids is 1. The van der Waals surface area contributed by atoms with Crippen LogP contribution in [0.5, 0.6) is 0 Å². The van der Waals surface area contributed by atoms with Crippen molar-refractivity contribution in [3.8, 4) is 0 Å². The number of carboxylic acid groups (broad SMARTS) is 1. The second kappa shape index (κ2) is 9.57. The molecule has 0 saturated heterocycles. The highest BCUT2D eigenvalue weighted by atomic mass is 16.5. The van der Waals surface area contributed by atoms with E-state index in [0.29, 0.717) is 19.7 Å². The van der Waals surface area contributed by atoms with Crippen LogP contribution in [0, 0.1) is 0 Å². The minimum Gasteiger partial charge on any atom is -0.481 e. The smallest absolute Gasteiger partial charge is 0.317 e. The van der Waals surface area contributed by atoms with Crippen molar-refractivity contribution >= 4 is 12.0 Å². The fourth-order valence-corrected chi connectivity index (χ4v) is 1.72. The third-order valence-electron chi connectivity index (χ3n) is 2.77. The predicted molar refractivity (Wildman–Crippen MR) is 70.2 cm³/mol. The van der Waals surface area contributed by atoms with Gasteiger partial charge in [0.05, 0.1) is 19.1 Å². The van der Waals surface area contributed by atoms with Crippen LogP contribution in [0.15, 0.2) is 0 Å². The van der Waals surface area contributed by atoms with Gasteiger partial charge in [-0.05, 0) is 13.8 Å². The zero-order chi connectivity index (χ0) is 14.8. The van der Waals surface area contributed by atoms with E-state index in [1.165, 1.54) is 4.90 Å². The zero-order valence-electron chi connectivity index (χ0n) is 12.0. The van der Waals surface area contributed by atoms with Gasteiger partial charge in [-0.25, -0.2) is 4.79 Å². The fraction of sp³-hybridized carbons (Fsp3) is 0.833. The lowest BCUT2D eigenvalue weighted by molar-refractivity contribution is -0.138. The number of nitrogens with zero attached hydrogens (tertiary/aromatic N) is 1. The Labute approximate surface area is 113 Å². The van der Waals surface area contributed by atoms with Gasteiger partial charge >= 0.3 is 12.0 Å². The summed E-state index contributed by atoms with van der Waals surface area (Å²) in [5, 5.41) is 11.5. The second-order valence-corrected chi connectivity index (χ2v) is 4.23. The van der Waals surface area contributed by atoms with Crippen molar-refractivity contribution in [2.75, 3.05) is 33.9 Å².